The minimum Gasteiger partial charge on any atom is -0.483 e. The second-order valence-corrected chi connectivity index (χ2v) is 8.20. The van der Waals surface area contributed by atoms with E-state index in [2.05, 4.69) is 30.3 Å². The Labute approximate surface area is 178 Å². The van der Waals surface area contributed by atoms with Gasteiger partial charge in [-0.15, -0.1) is 0 Å². The smallest absolute Gasteiger partial charge is 0.260 e. The highest BCUT2D eigenvalue weighted by atomic mass is 16.5. The summed E-state index contributed by atoms with van der Waals surface area (Å²) in [7, 11) is 0. The predicted molar refractivity (Wildman–Crippen MR) is 117 cm³/mol. The molecule has 1 aromatic heterocycles. The molecule has 2 amide bonds. The van der Waals surface area contributed by atoms with E-state index in [1.165, 1.54) is 5.56 Å². The van der Waals surface area contributed by atoms with E-state index >= 15 is 0 Å². The third-order valence-electron chi connectivity index (χ3n) is 5.67. The highest BCUT2D eigenvalue weighted by molar-refractivity contribution is 5.92. The lowest BCUT2D eigenvalue weighted by molar-refractivity contribution is -0.136. The Morgan fingerprint density at radius 2 is 2.00 bits per heavy atom. The SMILES string of the molecule is CCn1cc(NC(=O)C2CCN(C(=O)COc3cc(C(C)C)ccc3C)CC2)cn1. The van der Waals surface area contributed by atoms with Crippen molar-refractivity contribution in [2.24, 2.45) is 5.92 Å². The van der Waals surface area contributed by atoms with E-state index in [0.717, 1.165) is 17.9 Å². The van der Waals surface area contributed by atoms with E-state index < -0.39 is 0 Å². The van der Waals surface area contributed by atoms with Crippen molar-refractivity contribution >= 4 is 17.5 Å². The number of aryl methyl sites for hydroxylation is 2. The topological polar surface area (TPSA) is 76.5 Å². The summed E-state index contributed by atoms with van der Waals surface area (Å²) >= 11 is 0. The Morgan fingerprint density at radius 1 is 1.27 bits per heavy atom. The molecule has 7 nitrogen and oxygen atoms in total. The van der Waals surface area contributed by atoms with Crippen molar-refractivity contribution < 1.29 is 14.3 Å². The maximum atomic E-state index is 12.6. The first-order valence-corrected chi connectivity index (χ1v) is 10.7. The van der Waals surface area contributed by atoms with E-state index in [1.807, 2.05) is 32.2 Å². The summed E-state index contributed by atoms with van der Waals surface area (Å²) in [4.78, 5) is 26.9. The van der Waals surface area contributed by atoms with Gasteiger partial charge in [-0.3, -0.25) is 14.3 Å². The number of aromatic nitrogens is 2. The van der Waals surface area contributed by atoms with Crippen molar-refractivity contribution in [1.82, 2.24) is 14.7 Å². The maximum absolute atomic E-state index is 12.6. The van der Waals surface area contributed by atoms with Gasteiger partial charge in [-0.2, -0.15) is 5.10 Å². The van der Waals surface area contributed by atoms with E-state index in [1.54, 1.807) is 15.8 Å². The summed E-state index contributed by atoms with van der Waals surface area (Å²) in [5, 5.41) is 7.10. The second kappa shape index (κ2) is 9.78. The Hall–Kier alpha value is -2.83. The Morgan fingerprint density at radius 3 is 2.63 bits per heavy atom. The summed E-state index contributed by atoms with van der Waals surface area (Å²) in [5.41, 5.74) is 2.93. The Balaban J connectivity index is 1.47. The molecule has 0 aliphatic carbocycles. The Kier molecular flexibility index (Phi) is 7.13. The molecule has 30 heavy (non-hydrogen) atoms. The lowest BCUT2D eigenvalue weighted by Gasteiger charge is -2.31. The van der Waals surface area contributed by atoms with Gasteiger partial charge in [0, 0.05) is 31.7 Å². The van der Waals surface area contributed by atoms with Crippen molar-refractivity contribution in [2.45, 2.75) is 53.0 Å². The number of hydrogen-bond donors (Lipinski definition) is 1. The second-order valence-electron chi connectivity index (χ2n) is 8.20. The number of rotatable bonds is 7. The molecule has 162 valence electrons. The number of hydrogen-bond acceptors (Lipinski definition) is 4. The van der Waals surface area contributed by atoms with Crippen LogP contribution in [0.4, 0.5) is 5.69 Å². The van der Waals surface area contributed by atoms with Gasteiger partial charge < -0.3 is 15.0 Å². The molecule has 2 aromatic rings. The van der Waals surface area contributed by atoms with Crippen LogP contribution >= 0.6 is 0 Å². The van der Waals surface area contributed by atoms with E-state index in [9.17, 15) is 9.59 Å². The van der Waals surface area contributed by atoms with Crippen molar-refractivity contribution in [1.29, 1.82) is 0 Å². The van der Waals surface area contributed by atoms with Gasteiger partial charge in [0.05, 0.1) is 11.9 Å². The number of likely N-dealkylation sites (tertiary alicyclic amines) is 1. The van der Waals surface area contributed by atoms with E-state index in [-0.39, 0.29) is 24.3 Å². The molecular formula is C23H32N4O3. The zero-order valence-corrected chi connectivity index (χ0v) is 18.4. The van der Waals surface area contributed by atoms with Gasteiger partial charge in [-0.25, -0.2) is 0 Å². The van der Waals surface area contributed by atoms with Crippen molar-refractivity contribution in [3.8, 4) is 5.75 Å². The van der Waals surface area contributed by atoms with Crippen LogP contribution in [0.5, 0.6) is 5.75 Å². The lowest BCUT2D eigenvalue weighted by atomic mass is 9.96. The standard InChI is InChI=1S/C23H32N4O3/c1-5-27-14-20(13-24-27)25-23(29)18-8-10-26(11-9-18)22(28)15-30-21-12-19(16(2)3)7-6-17(21)4/h6-7,12-14,16,18H,5,8-11,15H2,1-4H3,(H,25,29). The third kappa shape index (κ3) is 5.40. The average molecular weight is 413 g/mol. The number of benzene rings is 1. The number of ether oxygens (including phenoxy) is 1. The van der Waals surface area contributed by atoms with Crippen LogP contribution in [0.3, 0.4) is 0 Å². The molecule has 0 atom stereocenters. The molecule has 7 heteroatoms. The fourth-order valence-corrected chi connectivity index (χ4v) is 3.60. The van der Waals surface area contributed by atoms with Crippen molar-refractivity contribution in [3.63, 3.8) is 0 Å². The molecule has 0 spiro atoms. The van der Waals surface area contributed by atoms with Gasteiger partial charge in [0.1, 0.15) is 5.75 Å². The highest BCUT2D eigenvalue weighted by Gasteiger charge is 2.27. The molecular weight excluding hydrogens is 380 g/mol. The summed E-state index contributed by atoms with van der Waals surface area (Å²) in [5.74, 6) is 1.04. The summed E-state index contributed by atoms with van der Waals surface area (Å²) in [6.45, 7) is 10.2. The van der Waals surface area contributed by atoms with Crippen molar-refractivity contribution in [2.75, 3.05) is 25.0 Å². The zero-order chi connectivity index (χ0) is 21.7. The van der Waals surface area contributed by atoms with Gasteiger partial charge in [0.25, 0.3) is 5.91 Å². The first-order valence-electron chi connectivity index (χ1n) is 10.7. The summed E-state index contributed by atoms with van der Waals surface area (Å²) in [6, 6.07) is 6.14. The largest absolute Gasteiger partial charge is 0.483 e. The number of anilines is 1. The number of carbonyl (C=O) groups is 2. The van der Waals surface area contributed by atoms with Crippen LogP contribution in [0.15, 0.2) is 30.6 Å². The first-order chi connectivity index (χ1) is 14.4. The molecule has 3 rings (SSSR count). The van der Waals surface area contributed by atoms with Crippen LogP contribution in [0.2, 0.25) is 0 Å². The van der Waals surface area contributed by atoms with Gasteiger partial charge in [-0.05, 0) is 49.8 Å². The molecule has 0 radical (unpaired) electrons. The first kappa shape index (κ1) is 21.9. The molecule has 1 N–H and O–H groups in total. The fourth-order valence-electron chi connectivity index (χ4n) is 3.60. The van der Waals surface area contributed by atoms with Crippen LogP contribution in [0, 0.1) is 12.8 Å². The average Bonchev–Trinajstić information content (AvgIpc) is 3.20. The molecule has 1 aromatic carbocycles. The van der Waals surface area contributed by atoms with Crippen LogP contribution in [-0.2, 0) is 16.1 Å². The highest BCUT2D eigenvalue weighted by Crippen LogP contribution is 2.25. The molecule has 0 unspecified atom stereocenters. The number of nitrogens with zero attached hydrogens (tertiary/aromatic N) is 3. The van der Waals surface area contributed by atoms with Gasteiger partial charge in [0.2, 0.25) is 5.91 Å². The lowest BCUT2D eigenvalue weighted by Crippen LogP contribution is -2.43. The molecule has 1 fully saturated rings. The number of carbonyl (C=O) groups excluding carboxylic acids is 2. The molecule has 1 aliphatic rings. The zero-order valence-electron chi connectivity index (χ0n) is 18.4. The van der Waals surface area contributed by atoms with Gasteiger partial charge in [-0.1, -0.05) is 26.0 Å². The number of amides is 2. The van der Waals surface area contributed by atoms with Crippen LogP contribution in [0.25, 0.3) is 0 Å². The normalized spacial score (nSPS) is 14.8. The van der Waals surface area contributed by atoms with Gasteiger partial charge >= 0.3 is 0 Å². The fraction of sp³-hybridized carbons (Fsp3) is 0.522. The van der Waals surface area contributed by atoms with Crippen molar-refractivity contribution in [3.05, 3.63) is 41.7 Å². The Bertz CT molecular complexity index is 882. The molecule has 1 aliphatic heterocycles. The number of piperidine rings is 1. The number of nitrogens with one attached hydrogen (secondary N) is 1. The summed E-state index contributed by atoms with van der Waals surface area (Å²) < 4.78 is 7.60. The summed E-state index contributed by atoms with van der Waals surface area (Å²) in [6.07, 6.45) is 4.79. The molecule has 2 heterocycles. The van der Waals surface area contributed by atoms with Gasteiger partial charge in [0.15, 0.2) is 6.61 Å². The predicted octanol–water partition coefficient (Wildman–Crippen LogP) is 3.59. The van der Waals surface area contributed by atoms with E-state index in [4.69, 9.17) is 4.74 Å². The minimum atomic E-state index is -0.0927. The van der Waals surface area contributed by atoms with Crippen LogP contribution in [-0.4, -0.2) is 46.2 Å². The van der Waals surface area contributed by atoms with E-state index in [0.29, 0.717) is 37.5 Å². The quantitative estimate of drug-likeness (QED) is 0.754. The van der Waals surface area contributed by atoms with Crippen LogP contribution < -0.4 is 10.1 Å². The molecule has 1 saturated heterocycles. The monoisotopic (exact) mass is 412 g/mol. The minimum absolute atomic E-state index is 0.00451. The maximum Gasteiger partial charge on any atom is 0.260 e. The molecule has 0 saturated carbocycles. The molecule has 0 bridgehead atoms. The third-order valence-corrected chi connectivity index (χ3v) is 5.67. The van der Waals surface area contributed by atoms with Crippen LogP contribution in [0.1, 0.15) is 50.7 Å².